The van der Waals surface area contributed by atoms with Crippen LogP contribution in [0.25, 0.3) is 17.1 Å². The maximum absolute atomic E-state index is 13.0. The predicted molar refractivity (Wildman–Crippen MR) is 134 cm³/mol. The number of halogens is 4. The van der Waals surface area contributed by atoms with E-state index in [0.717, 1.165) is 46.8 Å². The van der Waals surface area contributed by atoms with Crippen LogP contribution in [0.2, 0.25) is 5.02 Å². The average Bonchev–Trinajstić information content (AvgIpc) is 3.27. The lowest BCUT2D eigenvalue weighted by Gasteiger charge is -2.13. The van der Waals surface area contributed by atoms with Gasteiger partial charge >= 0.3 is 6.18 Å². The number of amides is 1. The minimum atomic E-state index is -4.56. The van der Waals surface area contributed by atoms with Gasteiger partial charge in [-0.3, -0.25) is 9.36 Å². The maximum Gasteiger partial charge on any atom is 0.416 e. The Labute approximate surface area is 214 Å². The van der Waals surface area contributed by atoms with Crippen LogP contribution in [0.5, 0.6) is 5.75 Å². The Morgan fingerprint density at radius 1 is 1.08 bits per heavy atom. The molecular weight excluding hydrogens is 513 g/mol. The monoisotopic (exact) mass is 532 g/mol. The van der Waals surface area contributed by atoms with Crippen LogP contribution in [0.15, 0.2) is 71.9 Å². The van der Waals surface area contributed by atoms with E-state index in [1.165, 1.54) is 0 Å². The van der Waals surface area contributed by atoms with Gasteiger partial charge in [-0.05, 0) is 55.5 Å². The number of thioether (sulfide) groups is 1. The molecule has 0 spiro atoms. The van der Waals surface area contributed by atoms with Crippen molar-refractivity contribution >= 4 is 35.0 Å². The van der Waals surface area contributed by atoms with Crippen LogP contribution in [0.3, 0.4) is 0 Å². The van der Waals surface area contributed by atoms with Crippen LogP contribution in [-0.4, -0.2) is 33.5 Å². The summed E-state index contributed by atoms with van der Waals surface area (Å²) in [5.41, 5.74) is 1.61. The van der Waals surface area contributed by atoms with Crippen molar-refractivity contribution in [2.45, 2.75) is 18.3 Å². The molecule has 0 atom stereocenters. The first kappa shape index (κ1) is 25.6. The Morgan fingerprint density at radius 2 is 1.83 bits per heavy atom. The number of aromatic nitrogens is 3. The number of ether oxygens (including phenoxy) is 1. The second-order valence-corrected chi connectivity index (χ2v) is 9.09. The van der Waals surface area contributed by atoms with E-state index in [1.54, 1.807) is 19.2 Å². The fourth-order valence-electron chi connectivity index (χ4n) is 3.41. The Balaban J connectivity index is 1.60. The molecule has 6 nitrogen and oxygen atoms in total. The number of methoxy groups -OCH3 is 1. The fraction of sp³-hybridized carbons (Fsp3) is 0.160. The molecule has 0 radical (unpaired) electrons. The number of aryl methyl sites for hydroxylation is 1. The number of carbonyl (C=O) groups excluding carboxylic acids is 1. The van der Waals surface area contributed by atoms with Crippen LogP contribution >= 0.6 is 23.4 Å². The van der Waals surface area contributed by atoms with Gasteiger partial charge < -0.3 is 10.1 Å². The molecule has 1 N–H and O–H groups in total. The average molecular weight is 533 g/mol. The number of carbonyl (C=O) groups is 1. The molecule has 11 heteroatoms. The number of hydrogen-bond donors (Lipinski definition) is 1. The van der Waals surface area contributed by atoms with Crippen molar-refractivity contribution in [3.05, 3.63) is 82.9 Å². The summed E-state index contributed by atoms with van der Waals surface area (Å²) >= 11 is 7.09. The van der Waals surface area contributed by atoms with Gasteiger partial charge in [-0.1, -0.05) is 47.1 Å². The molecule has 0 unspecified atom stereocenters. The third-order valence-electron chi connectivity index (χ3n) is 5.14. The van der Waals surface area contributed by atoms with Crippen molar-refractivity contribution in [2.24, 2.45) is 0 Å². The largest absolute Gasteiger partial charge is 0.497 e. The zero-order valence-electron chi connectivity index (χ0n) is 19.1. The second kappa shape index (κ2) is 10.6. The number of benzene rings is 3. The summed E-state index contributed by atoms with van der Waals surface area (Å²) in [4.78, 5) is 12.6. The molecule has 1 heterocycles. The Morgan fingerprint density at radius 3 is 2.50 bits per heavy atom. The molecule has 0 fully saturated rings. The topological polar surface area (TPSA) is 69.0 Å². The lowest BCUT2D eigenvalue weighted by Crippen LogP contribution is -2.16. The summed E-state index contributed by atoms with van der Waals surface area (Å²) in [6, 6.07) is 17.8. The Kier molecular flexibility index (Phi) is 7.56. The molecule has 4 aromatic rings. The number of rotatable bonds is 7. The number of anilines is 1. The van der Waals surface area contributed by atoms with Crippen LogP contribution in [-0.2, 0) is 11.0 Å². The highest BCUT2D eigenvalue weighted by atomic mass is 35.5. The lowest BCUT2D eigenvalue weighted by atomic mass is 10.1. The molecule has 0 aliphatic rings. The highest BCUT2D eigenvalue weighted by molar-refractivity contribution is 7.99. The molecule has 0 bridgehead atoms. The number of nitrogens with zero attached hydrogens (tertiary/aromatic N) is 3. The number of hydrogen-bond acceptors (Lipinski definition) is 5. The van der Waals surface area contributed by atoms with Crippen LogP contribution in [0, 0.1) is 6.92 Å². The standard InChI is InChI=1S/C25H20ClF3N4O2S/c1-15-4-3-5-16(12-15)23-31-32-24(33(23)18-7-9-19(35-2)10-8-18)36-14-22(34)30-21-13-17(25(27,28)29)6-11-20(21)26/h3-13H,14H2,1-2H3,(H,30,34). The first-order chi connectivity index (χ1) is 17.2. The van der Waals surface area contributed by atoms with E-state index in [1.807, 2.05) is 47.9 Å². The number of nitrogens with one attached hydrogen (secondary N) is 1. The minimum absolute atomic E-state index is 0.00415. The summed E-state index contributed by atoms with van der Waals surface area (Å²) in [6.45, 7) is 1.97. The van der Waals surface area contributed by atoms with E-state index in [-0.39, 0.29) is 16.5 Å². The lowest BCUT2D eigenvalue weighted by molar-refractivity contribution is -0.137. The first-order valence-corrected chi connectivity index (χ1v) is 12.0. The van der Waals surface area contributed by atoms with E-state index in [2.05, 4.69) is 15.5 Å². The van der Waals surface area contributed by atoms with E-state index in [4.69, 9.17) is 16.3 Å². The molecule has 0 saturated heterocycles. The maximum atomic E-state index is 13.0. The van der Waals surface area contributed by atoms with Crippen molar-refractivity contribution in [3.8, 4) is 22.8 Å². The first-order valence-electron chi connectivity index (χ1n) is 10.6. The zero-order chi connectivity index (χ0) is 25.9. The van der Waals surface area contributed by atoms with E-state index in [0.29, 0.717) is 16.7 Å². The molecule has 36 heavy (non-hydrogen) atoms. The third kappa shape index (κ3) is 5.83. The highest BCUT2D eigenvalue weighted by Gasteiger charge is 2.31. The van der Waals surface area contributed by atoms with Crippen LogP contribution in [0.1, 0.15) is 11.1 Å². The molecule has 0 saturated carbocycles. The van der Waals surface area contributed by atoms with Crippen molar-refractivity contribution in [1.29, 1.82) is 0 Å². The second-order valence-electron chi connectivity index (χ2n) is 7.74. The predicted octanol–water partition coefficient (Wildman–Crippen LogP) is 6.65. The van der Waals surface area contributed by atoms with Crippen LogP contribution in [0.4, 0.5) is 18.9 Å². The quantitative estimate of drug-likeness (QED) is 0.270. The van der Waals surface area contributed by atoms with E-state index < -0.39 is 17.6 Å². The van der Waals surface area contributed by atoms with Gasteiger partial charge in [0.15, 0.2) is 11.0 Å². The Bertz CT molecular complexity index is 1390. The zero-order valence-corrected chi connectivity index (χ0v) is 20.7. The molecule has 0 aliphatic heterocycles. The van der Waals surface area contributed by atoms with Crippen molar-refractivity contribution < 1.29 is 22.7 Å². The molecule has 1 amide bonds. The Hall–Kier alpha value is -3.50. The smallest absolute Gasteiger partial charge is 0.416 e. The molecule has 3 aromatic carbocycles. The fourth-order valence-corrected chi connectivity index (χ4v) is 4.33. The van der Waals surface area contributed by atoms with Gasteiger partial charge in [0.05, 0.1) is 29.1 Å². The summed E-state index contributed by atoms with van der Waals surface area (Å²) in [5.74, 6) is 0.583. The normalized spacial score (nSPS) is 11.4. The summed E-state index contributed by atoms with van der Waals surface area (Å²) in [6.07, 6.45) is -4.56. The van der Waals surface area contributed by atoms with E-state index in [9.17, 15) is 18.0 Å². The molecule has 4 rings (SSSR count). The molecular formula is C25H20ClF3N4O2S. The summed E-state index contributed by atoms with van der Waals surface area (Å²) < 4.78 is 46.2. The summed E-state index contributed by atoms with van der Waals surface area (Å²) in [5, 5.41) is 11.5. The van der Waals surface area contributed by atoms with Gasteiger partial charge in [0.25, 0.3) is 0 Å². The van der Waals surface area contributed by atoms with E-state index >= 15 is 0 Å². The van der Waals surface area contributed by atoms with Crippen molar-refractivity contribution in [3.63, 3.8) is 0 Å². The molecule has 1 aromatic heterocycles. The highest BCUT2D eigenvalue weighted by Crippen LogP contribution is 2.34. The van der Waals surface area contributed by atoms with Crippen molar-refractivity contribution in [1.82, 2.24) is 14.8 Å². The van der Waals surface area contributed by atoms with Gasteiger partial charge in [0.2, 0.25) is 5.91 Å². The van der Waals surface area contributed by atoms with Gasteiger partial charge in [-0.2, -0.15) is 13.2 Å². The van der Waals surface area contributed by atoms with Gasteiger partial charge in [0.1, 0.15) is 5.75 Å². The molecule has 0 aliphatic carbocycles. The third-order valence-corrected chi connectivity index (χ3v) is 6.40. The van der Waals surface area contributed by atoms with Gasteiger partial charge in [-0.15, -0.1) is 10.2 Å². The van der Waals surface area contributed by atoms with Crippen LogP contribution < -0.4 is 10.1 Å². The van der Waals surface area contributed by atoms with Crippen molar-refractivity contribution in [2.75, 3.05) is 18.2 Å². The number of alkyl halides is 3. The molecule has 186 valence electrons. The summed E-state index contributed by atoms with van der Waals surface area (Å²) in [7, 11) is 1.57. The minimum Gasteiger partial charge on any atom is -0.497 e. The van der Waals surface area contributed by atoms with Gasteiger partial charge in [0, 0.05) is 11.3 Å². The SMILES string of the molecule is COc1ccc(-n2c(SCC(=O)Nc3cc(C(F)(F)F)ccc3Cl)nnc2-c2cccc(C)c2)cc1. The van der Waals surface area contributed by atoms with Gasteiger partial charge in [-0.25, -0.2) is 0 Å².